The number of hydrogen-bond acceptors (Lipinski definition) is 3. The maximum absolute atomic E-state index is 11.4. The number of pyridine rings is 1. The maximum atomic E-state index is 11.4. The van der Waals surface area contributed by atoms with Gasteiger partial charge in [0.05, 0.1) is 6.42 Å². The SMILES string of the molecule is [N-]=[N+]=NCCCNC(=O)Cc1ccccn1. The molecule has 84 valence electrons. The van der Waals surface area contributed by atoms with Crippen LogP contribution in [0.1, 0.15) is 12.1 Å². The van der Waals surface area contributed by atoms with Gasteiger partial charge in [0.15, 0.2) is 0 Å². The van der Waals surface area contributed by atoms with E-state index in [4.69, 9.17) is 5.53 Å². The number of aromatic nitrogens is 1. The van der Waals surface area contributed by atoms with Crippen LogP contribution in [-0.4, -0.2) is 24.0 Å². The number of nitrogens with one attached hydrogen (secondary N) is 1. The molecule has 0 saturated heterocycles. The van der Waals surface area contributed by atoms with E-state index in [1.807, 2.05) is 6.07 Å². The zero-order valence-corrected chi connectivity index (χ0v) is 8.83. The van der Waals surface area contributed by atoms with Crippen molar-refractivity contribution in [2.45, 2.75) is 12.8 Å². The van der Waals surface area contributed by atoms with Gasteiger partial charge in [0, 0.05) is 29.9 Å². The van der Waals surface area contributed by atoms with Gasteiger partial charge in [0.1, 0.15) is 0 Å². The summed E-state index contributed by atoms with van der Waals surface area (Å²) in [6.45, 7) is 0.922. The van der Waals surface area contributed by atoms with E-state index in [0.29, 0.717) is 19.5 Å². The number of hydrogen-bond donors (Lipinski definition) is 1. The molecule has 0 saturated carbocycles. The van der Waals surface area contributed by atoms with E-state index >= 15 is 0 Å². The molecular formula is C10H13N5O. The maximum Gasteiger partial charge on any atom is 0.226 e. The Morgan fingerprint density at radius 1 is 1.56 bits per heavy atom. The molecule has 16 heavy (non-hydrogen) atoms. The third-order valence-corrected chi connectivity index (χ3v) is 1.89. The lowest BCUT2D eigenvalue weighted by molar-refractivity contribution is -0.120. The molecule has 0 aliphatic carbocycles. The third-order valence-electron chi connectivity index (χ3n) is 1.89. The van der Waals surface area contributed by atoms with Crippen LogP contribution in [0.25, 0.3) is 10.4 Å². The molecular weight excluding hydrogens is 206 g/mol. The molecule has 1 aromatic heterocycles. The Kier molecular flexibility index (Phi) is 5.44. The molecule has 6 heteroatoms. The van der Waals surface area contributed by atoms with Crippen LogP contribution in [0.4, 0.5) is 0 Å². The Hall–Kier alpha value is -2.07. The van der Waals surface area contributed by atoms with Crippen molar-refractivity contribution in [1.82, 2.24) is 10.3 Å². The highest BCUT2D eigenvalue weighted by atomic mass is 16.1. The van der Waals surface area contributed by atoms with Crippen molar-refractivity contribution in [2.75, 3.05) is 13.1 Å². The van der Waals surface area contributed by atoms with Gasteiger partial charge in [-0.1, -0.05) is 11.2 Å². The fraction of sp³-hybridized carbons (Fsp3) is 0.400. The van der Waals surface area contributed by atoms with Crippen molar-refractivity contribution in [3.63, 3.8) is 0 Å². The van der Waals surface area contributed by atoms with Gasteiger partial charge in [-0.2, -0.15) is 0 Å². The first kappa shape index (κ1) is 12.0. The Bertz CT molecular complexity index is 372. The summed E-state index contributed by atoms with van der Waals surface area (Å²) >= 11 is 0. The molecule has 0 aliphatic rings. The Morgan fingerprint density at radius 2 is 2.44 bits per heavy atom. The second-order valence-corrected chi connectivity index (χ2v) is 3.16. The number of azide groups is 1. The van der Waals surface area contributed by atoms with Crippen molar-refractivity contribution in [1.29, 1.82) is 0 Å². The summed E-state index contributed by atoms with van der Waals surface area (Å²) in [7, 11) is 0. The van der Waals surface area contributed by atoms with E-state index in [-0.39, 0.29) is 12.3 Å². The summed E-state index contributed by atoms with van der Waals surface area (Å²) in [5, 5.41) is 6.10. The lowest BCUT2D eigenvalue weighted by Crippen LogP contribution is -2.26. The summed E-state index contributed by atoms with van der Waals surface area (Å²) < 4.78 is 0. The minimum Gasteiger partial charge on any atom is -0.356 e. The second-order valence-electron chi connectivity index (χ2n) is 3.16. The highest BCUT2D eigenvalue weighted by Gasteiger charge is 2.02. The molecule has 0 unspecified atom stereocenters. The monoisotopic (exact) mass is 219 g/mol. The van der Waals surface area contributed by atoms with Gasteiger partial charge < -0.3 is 5.32 Å². The molecule has 1 amide bonds. The van der Waals surface area contributed by atoms with E-state index in [0.717, 1.165) is 5.69 Å². The minimum atomic E-state index is -0.0698. The minimum absolute atomic E-state index is 0.0698. The predicted molar refractivity (Wildman–Crippen MR) is 59.6 cm³/mol. The van der Waals surface area contributed by atoms with Crippen molar-refractivity contribution in [3.8, 4) is 0 Å². The van der Waals surface area contributed by atoms with Crippen molar-refractivity contribution in [2.24, 2.45) is 5.11 Å². The van der Waals surface area contributed by atoms with Crippen LogP contribution in [0.2, 0.25) is 0 Å². The topological polar surface area (TPSA) is 90.8 Å². The molecule has 0 bridgehead atoms. The molecule has 1 rings (SSSR count). The number of carbonyl (C=O) groups is 1. The summed E-state index contributed by atoms with van der Waals surface area (Å²) in [5.41, 5.74) is 8.78. The first-order valence-corrected chi connectivity index (χ1v) is 5.00. The van der Waals surface area contributed by atoms with E-state index in [9.17, 15) is 4.79 Å². The molecule has 0 aromatic carbocycles. The van der Waals surface area contributed by atoms with E-state index < -0.39 is 0 Å². The third kappa shape index (κ3) is 4.97. The fourth-order valence-corrected chi connectivity index (χ4v) is 1.15. The Balaban J connectivity index is 2.19. The van der Waals surface area contributed by atoms with Gasteiger partial charge in [0.2, 0.25) is 5.91 Å². The molecule has 1 heterocycles. The van der Waals surface area contributed by atoms with Crippen molar-refractivity contribution >= 4 is 5.91 Å². The lowest BCUT2D eigenvalue weighted by atomic mass is 10.2. The molecule has 0 aliphatic heterocycles. The second kappa shape index (κ2) is 7.25. The summed E-state index contributed by atoms with van der Waals surface area (Å²) in [4.78, 5) is 18.1. The van der Waals surface area contributed by atoms with Crippen LogP contribution in [0.5, 0.6) is 0 Å². The molecule has 0 radical (unpaired) electrons. The van der Waals surface area contributed by atoms with Crippen LogP contribution < -0.4 is 5.32 Å². The first-order valence-electron chi connectivity index (χ1n) is 5.00. The average molecular weight is 219 g/mol. The van der Waals surface area contributed by atoms with E-state index in [1.165, 1.54) is 0 Å². The first-order chi connectivity index (χ1) is 7.83. The quantitative estimate of drug-likeness (QED) is 0.339. The normalized spacial score (nSPS) is 9.25. The van der Waals surface area contributed by atoms with Gasteiger partial charge in [-0.3, -0.25) is 9.78 Å². The summed E-state index contributed by atoms with van der Waals surface area (Å²) in [6.07, 6.45) is 2.59. The highest BCUT2D eigenvalue weighted by molar-refractivity contribution is 5.77. The van der Waals surface area contributed by atoms with Crippen molar-refractivity contribution < 1.29 is 4.79 Å². The largest absolute Gasteiger partial charge is 0.356 e. The molecule has 0 fully saturated rings. The lowest BCUT2D eigenvalue weighted by Gasteiger charge is -2.03. The Labute approximate surface area is 93.3 Å². The van der Waals surface area contributed by atoms with Gasteiger partial charge in [-0.25, -0.2) is 0 Å². The number of nitrogens with zero attached hydrogens (tertiary/aromatic N) is 4. The van der Waals surface area contributed by atoms with Gasteiger partial charge >= 0.3 is 0 Å². The number of rotatable bonds is 6. The van der Waals surface area contributed by atoms with Gasteiger partial charge in [0.25, 0.3) is 0 Å². The van der Waals surface area contributed by atoms with Gasteiger partial charge in [-0.05, 0) is 24.1 Å². The van der Waals surface area contributed by atoms with Crippen LogP contribution in [0.3, 0.4) is 0 Å². The van der Waals surface area contributed by atoms with E-state index in [1.54, 1.807) is 18.3 Å². The zero-order chi connectivity index (χ0) is 11.6. The number of amides is 1. The van der Waals surface area contributed by atoms with Crippen molar-refractivity contribution in [3.05, 3.63) is 40.5 Å². The number of carbonyl (C=O) groups excluding carboxylic acids is 1. The predicted octanol–water partition coefficient (Wildman–Crippen LogP) is 1.44. The average Bonchev–Trinajstić information content (AvgIpc) is 2.30. The molecule has 1 N–H and O–H groups in total. The standard InChI is InChI=1S/C10H13N5O/c11-15-14-7-3-6-13-10(16)8-9-4-1-2-5-12-9/h1-2,4-5H,3,6-8H2,(H,13,16). The van der Waals surface area contributed by atoms with Crippen LogP contribution in [0.15, 0.2) is 29.5 Å². The molecule has 1 aromatic rings. The molecule has 0 atom stereocenters. The van der Waals surface area contributed by atoms with Crippen LogP contribution >= 0.6 is 0 Å². The fourth-order valence-electron chi connectivity index (χ4n) is 1.15. The summed E-state index contributed by atoms with van der Waals surface area (Å²) in [5.74, 6) is -0.0698. The van der Waals surface area contributed by atoms with Crippen LogP contribution in [0, 0.1) is 0 Å². The van der Waals surface area contributed by atoms with Gasteiger partial charge in [-0.15, -0.1) is 0 Å². The Morgan fingerprint density at radius 3 is 3.12 bits per heavy atom. The summed E-state index contributed by atoms with van der Waals surface area (Å²) in [6, 6.07) is 5.46. The zero-order valence-electron chi connectivity index (χ0n) is 8.83. The smallest absolute Gasteiger partial charge is 0.226 e. The van der Waals surface area contributed by atoms with Crippen LogP contribution in [-0.2, 0) is 11.2 Å². The van der Waals surface area contributed by atoms with E-state index in [2.05, 4.69) is 20.3 Å². The highest BCUT2D eigenvalue weighted by Crippen LogP contribution is 1.94. The molecule has 0 spiro atoms. The molecule has 6 nitrogen and oxygen atoms in total.